The molecule has 5 nitrogen and oxygen atoms in total. The predicted molar refractivity (Wildman–Crippen MR) is 103 cm³/mol. The van der Waals surface area contributed by atoms with Crippen LogP contribution in [0.2, 0.25) is 0 Å². The number of aromatic nitrogens is 2. The van der Waals surface area contributed by atoms with Crippen LogP contribution in [0.5, 0.6) is 0 Å². The summed E-state index contributed by atoms with van der Waals surface area (Å²) >= 11 is 1.45. The molecule has 3 rings (SSSR count). The zero-order valence-corrected chi connectivity index (χ0v) is 15.6. The molecule has 1 saturated heterocycles. The quantitative estimate of drug-likeness (QED) is 0.652. The summed E-state index contributed by atoms with van der Waals surface area (Å²) < 4.78 is 0. The number of thioether (sulfide) groups is 1. The van der Waals surface area contributed by atoms with Crippen LogP contribution in [0.15, 0.2) is 35.6 Å². The molecule has 132 valence electrons. The second-order valence-corrected chi connectivity index (χ2v) is 7.34. The van der Waals surface area contributed by atoms with Gasteiger partial charge in [0, 0.05) is 24.8 Å². The van der Waals surface area contributed by atoms with E-state index in [1.807, 2.05) is 38.1 Å². The fraction of sp³-hybridized carbons (Fsp3) is 0.421. The molecule has 1 amide bonds. The van der Waals surface area contributed by atoms with Gasteiger partial charge in [-0.1, -0.05) is 23.9 Å². The van der Waals surface area contributed by atoms with Gasteiger partial charge < -0.3 is 10.2 Å². The monoisotopic (exact) mass is 356 g/mol. The maximum atomic E-state index is 12.3. The molecule has 0 unspecified atom stereocenters. The van der Waals surface area contributed by atoms with Gasteiger partial charge in [0.1, 0.15) is 17.2 Å². The molecule has 25 heavy (non-hydrogen) atoms. The number of hydrogen-bond acceptors (Lipinski definition) is 5. The molecular weight excluding hydrogens is 332 g/mol. The number of aryl methyl sites for hydroxylation is 1. The van der Waals surface area contributed by atoms with Gasteiger partial charge in [0.25, 0.3) is 0 Å². The first-order valence-corrected chi connectivity index (χ1v) is 9.68. The maximum absolute atomic E-state index is 12.3. The van der Waals surface area contributed by atoms with Crippen LogP contribution in [0, 0.1) is 13.8 Å². The van der Waals surface area contributed by atoms with Crippen molar-refractivity contribution in [2.75, 3.05) is 29.1 Å². The van der Waals surface area contributed by atoms with Crippen LogP contribution in [-0.2, 0) is 4.79 Å². The topological polar surface area (TPSA) is 58.1 Å². The lowest BCUT2D eigenvalue weighted by Gasteiger charge is -2.27. The van der Waals surface area contributed by atoms with Crippen LogP contribution >= 0.6 is 11.8 Å². The van der Waals surface area contributed by atoms with Crippen molar-refractivity contribution in [3.8, 4) is 0 Å². The second-order valence-electron chi connectivity index (χ2n) is 6.35. The highest BCUT2D eigenvalue weighted by molar-refractivity contribution is 7.99. The Morgan fingerprint density at radius 3 is 2.80 bits per heavy atom. The van der Waals surface area contributed by atoms with Gasteiger partial charge >= 0.3 is 0 Å². The standard InChI is InChI=1S/C19H24N4OS/c1-14-7-6-8-16(15(14)2)22-18(24)12-25-19-11-17(20-13-21-19)23-9-4-3-5-10-23/h6-8,11,13H,3-5,9-10,12H2,1-2H3,(H,22,24). The van der Waals surface area contributed by atoms with E-state index in [4.69, 9.17) is 0 Å². The van der Waals surface area contributed by atoms with E-state index in [9.17, 15) is 4.79 Å². The molecule has 0 aliphatic carbocycles. The first-order chi connectivity index (χ1) is 12.1. The lowest BCUT2D eigenvalue weighted by molar-refractivity contribution is -0.113. The highest BCUT2D eigenvalue weighted by atomic mass is 32.2. The van der Waals surface area contributed by atoms with Crippen LogP contribution in [0.25, 0.3) is 0 Å². The molecule has 2 heterocycles. The summed E-state index contributed by atoms with van der Waals surface area (Å²) in [7, 11) is 0. The van der Waals surface area contributed by atoms with Crippen LogP contribution in [0.4, 0.5) is 11.5 Å². The fourth-order valence-corrected chi connectivity index (χ4v) is 3.58. The van der Waals surface area contributed by atoms with E-state index >= 15 is 0 Å². The molecule has 0 radical (unpaired) electrons. The summed E-state index contributed by atoms with van der Waals surface area (Å²) in [5.74, 6) is 1.29. The van der Waals surface area contributed by atoms with Crippen molar-refractivity contribution >= 4 is 29.2 Å². The molecule has 1 fully saturated rings. The van der Waals surface area contributed by atoms with Crippen molar-refractivity contribution in [3.63, 3.8) is 0 Å². The third-order valence-electron chi connectivity index (χ3n) is 4.54. The van der Waals surface area contributed by atoms with Gasteiger partial charge in [-0.25, -0.2) is 9.97 Å². The van der Waals surface area contributed by atoms with Crippen molar-refractivity contribution in [1.29, 1.82) is 0 Å². The number of piperidine rings is 1. The molecule has 0 bridgehead atoms. The van der Waals surface area contributed by atoms with Crippen LogP contribution < -0.4 is 10.2 Å². The van der Waals surface area contributed by atoms with Gasteiger partial charge in [-0.3, -0.25) is 4.79 Å². The first-order valence-electron chi connectivity index (χ1n) is 8.69. The Labute approximate surface area is 153 Å². The number of rotatable bonds is 5. The molecule has 0 spiro atoms. The zero-order chi connectivity index (χ0) is 17.6. The van der Waals surface area contributed by atoms with E-state index in [0.29, 0.717) is 5.75 Å². The molecule has 1 aromatic heterocycles. The SMILES string of the molecule is Cc1cccc(NC(=O)CSc2cc(N3CCCCC3)ncn2)c1C. The Bertz CT molecular complexity index is 744. The number of hydrogen-bond donors (Lipinski definition) is 1. The van der Waals surface area contributed by atoms with E-state index in [2.05, 4.69) is 20.2 Å². The summed E-state index contributed by atoms with van der Waals surface area (Å²) in [5.41, 5.74) is 3.16. The maximum Gasteiger partial charge on any atom is 0.234 e. The van der Waals surface area contributed by atoms with Crippen molar-refractivity contribution in [2.24, 2.45) is 0 Å². The van der Waals surface area contributed by atoms with Crippen LogP contribution in [-0.4, -0.2) is 34.7 Å². The molecule has 1 aliphatic heterocycles. The molecule has 0 atom stereocenters. The summed E-state index contributed by atoms with van der Waals surface area (Å²) in [4.78, 5) is 23.2. The number of amides is 1. The molecule has 2 aromatic rings. The normalized spacial score (nSPS) is 14.4. The molecule has 1 N–H and O–H groups in total. The minimum Gasteiger partial charge on any atom is -0.356 e. The lowest BCUT2D eigenvalue weighted by atomic mass is 10.1. The third kappa shape index (κ3) is 4.72. The molecule has 1 aliphatic rings. The van der Waals surface area contributed by atoms with Crippen molar-refractivity contribution < 1.29 is 4.79 Å². The Kier molecular flexibility index (Phi) is 5.91. The van der Waals surface area contributed by atoms with Gasteiger partial charge in [0.15, 0.2) is 0 Å². The summed E-state index contributed by atoms with van der Waals surface area (Å²) in [6.45, 7) is 6.17. The smallest absolute Gasteiger partial charge is 0.234 e. The first kappa shape index (κ1) is 17.7. The highest BCUT2D eigenvalue weighted by Crippen LogP contribution is 2.23. The van der Waals surface area contributed by atoms with Crippen LogP contribution in [0.3, 0.4) is 0 Å². The average Bonchev–Trinajstić information content (AvgIpc) is 2.65. The Balaban J connectivity index is 1.57. The van der Waals surface area contributed by atoms with Gasteiger partial charge in [-0.2, -0.15) is 0 Å². The number of carbonyl (C=O) groups excluding carboxylic acids is 1. The van der Waals surface area contributed by atoms with Gasteiger partial charge in [-0.05, 0) is 50.3 Å². The predicted octanol–water partition coefficient (Wildman–Crippen LogP) is 3.81. The summed E-state index contributed by atoms with van der Waals surface area (Å²) in [5, 5.41) is 3.83. The summed E-state index contributed by atoms with van der Waals surface area (Å²) in [6.07, 6.45) is 5.31. The lowest BCUT2D eigenvalue weighted by Crippen LogP contribution is -2.30. The number of benzene rings is 1. The van der Waals surface area contributed by atoms with E-state index in [1.54, 1.807) is 6.33 Å². The van der Waals surface area contributed by atoms with E-state index in [-0.39, 0.29) is 5.91 Å². The van der Waals surface area contributed by atoms with Crippen molar-refractivity contribution in [1.82, 2.24) is 9.97 Å². The largest absolute Gasteiger partial charge is 0.356 e. The fourth-order valence-electron chi connectivity index (χ4n) is 2.92. The highest BCUT2D eigenvalue weighted by Gasteiger charge is 2.13. The number of anilines is 2. The zero-order valence-electron chi connectivity index (χ0n) is 14.8. The van der Waals surface area contributed by atoms with E-state index < -0.39 is 0 Å². The summed E-state index contributed by atoms with van der Waals surface area (Å²) in [6, 6.07) is 7.92. The van der Waals surface area contributed by atoms with Crippen molar-refractivity contribution in [3.05, 3.63) is 41.7 Å². The van der Waals surface area contributed by atoms with Gasteiger partial charge in [0.05, 0.1) is 5.75 Å². The molecule has 6 heteroatoms. The van der Waals surface area contributed by atoms with Crippen LogP contribution in [0.1, 0.15) is 30.4 Å². The van der Waals surface area contributed by atoms with E-state index in [0.717, 1.165) is 35.2 Å². The van der Waals surface area contributed by atoms with Gasteiger partial charge in [-0.15, -0.1) is 0 Å². The number of nitrogens with zero attached hydrogens (tertiary/aromatic N) is 3. The molecular formula is C19H24N4OS. The Morgan fingerprint density at radius 1 is 1.20 bits per heavy atom. The number of carbonyl (C=O) groups is 1. The van der Waals surface area contributed by atoms with Crippen molar-refractivity contribution in [2.45, 2.75) is 38.1 Å². The Morgan fingerprint density at radius 2 is 2.00 bits per heavy atom. The second kappa shape index (κ2) is 8.34. The van der Waals surface area contributed by atoms with E-state index in [1.165, 1.54) is 36.6 Å². The molecule has 1 aromatic carbocycles. The third-order valence-corrected chi connectivity index (χ3v) is 5.46. The minimum absolute atomic E-state index is 0.0168. The number of nitrogens with one attached hydrogen (secondary N) is 1. The molecule has 0 saturated carbocycles. The average molecular weight is 356 g/mol. The minimum atomic E-state index is -0.0168. The Hall–Kier alpha value is -2.08. The van der Waals surface area contributed by atoms with Gasteiger partial charge in [0.2, 0.25) is 5.91 Å².